The quantitative estimate of drug-likeness (QED) is 0.587. The molecular weight excluding hydrogens is 324 g/mol. The molecule has 1 aliphatic rings. The lowest BCUT2D eigenvalue weighted by atomic mass is 10.3. The van der Waals surface area contributed by atoms with Gasteiger partial charge in [0.05, 0.1) is 13.2 Å². The highest BCUT2D eigenvalue weighted by Crippen LogP contribution is 2.29. The second-order valence-electron chi connectivity index (χ2n) is 5.65. The molecule has 10 heteroatoms. The Kier molecular flexibility index (Phi) is 5.74. The van der Waals surface area contributed by atoms with Crippen LogP contribution in [0.15, 0.2) is 15.8 Å². The highest BCUT2D eigenvalue weighted by molar-refractivity contribution is 7.87. The van der Waals surface area contributed by atoms with Crippen molar-refractivity contribution in [2.75, 3.05) is 27.3 Å². The lowest BCUT2D eigenvalue weighted by Gasteiger charge is -2.17. The number of rotatable bonds is 9. The molecule has 1 aromatic heterocycles. The number of methoxy groups -OCH3 is 1. The molecule has 23 heavy (non-hydrogen) atoms. The molecule has 0 radical (unpaired) electrons. The fourth-order valence-electron chi connectivity index (χ4n) is 2.08. The van der Waals surface area contributed by atoms with Crippen LogP contribution < -0.4 is 16.0 Å². The van der Waals surface area contributed by atoms with E-state index in [1.54, 1.807) is 0 Å². The monoisotopic (exact) mass is 346 g/mol. The zero-order valence-corrected chi connectivity index (χ0v) is 14.1. The van der Waals surface area contributed by atoms with Crippen LogP contribution in [0.5, 0.6) is 0 Å². The summed E-state index contributed by atoms with van der Waals surface area (Å²) in [5, 5.41) is 0. The summed E-state index contributed by atoms with van der Waals surface area (Å²) >= 11 is 0. The van der Waals surface area contributed by atoms with Crippen molar-refractivity contribution in [2.45, 2.75) is 25.9 Å². The summed E-state index contributed by atoms with van der Waals surface area (Å²) in [5.74, 6) is 0.427. The molecule has 2 rings (SSSR count). The molecule has 0 bridgehead atoms. The Morgan fingerprint density at radius 1 is 1.43 bits per heavy atom. The number of ether oxygens (including phenoxy) is 1. The van der Waals surface area contributed by atoms with Crippen LogP contribution in [-0.4, -0.2) is 49.6 Å². The predicted octanol–water partition coefficient (Wildman–Crippen LogP) is -1.14. The van der Waals surface area contributed by atoms with Gasteiger partial charge in [0.15, 0.2) is 0 Å². The van der Waals surface area contributed by atoms with Crippen molar-refractivity contribution in [1.82, 2.24) is 18.6 Å². The number of aromatic amines is 1. The third-order valence-electron chi connectivity index (χ3n) is 3.69. The van der Waals surface area contributed by atoms with Crippen LogP contribution in [0.2, 0.25) is 0 Å². The van der Waals surface area contributed by atoms with Gasteiger partial charge in [0, 0.05) is 39.0 Å². The van der Waals surface area contributed by atoms with Gasteiger partial charge in [0.1, 0.15) is 0 Å². The molecule has 1 heterocycles. The predicted molar refractivity (Wildman–Crippen MR) is 84.3 cm³/mol. The number of hydrogen-bond donors (Lipinski definition) is 2. The SMILES string of the molecule is COCCn1cc(CNS(=O)(=O)N(C)CC2CC2)c(=O)[nH]c1=O. The van der Waals surface area contributed by atoms with E-state index in [1.165, 1.54) is 29.2 Å². The minimum Gasteiger partial charge on any atom is -0.383 e. The van der Waals surface area contributed by atoms with Crippen molar-refractivity contribution in [3.63, 3.8) is 0 Å². The van der Waals surface area contributed by atoms with Gasteiger partial charge in [-0.2, -0.15) is 17.4 Å². The van der Waals surface area contributed by atoms with Crippen molar-refractivity contribution in [1.29, 1.82) is 0 Å². The molecule has 0 unspecified atom stereocenters. The van der Waals surface area contributed by atoms with Crippen molar-refractivity contribution < 1.29 is 13.2 Å². The Morgan fingerprint density at radius 2 is 2.13 bits per heavy atom. The Balaban J connectivity index is 2.06. The van der Waals surface area contributed by atoms with Crippen LogP contribution in [0.3, 0.4) is 0 Å². The van der Waals surface area contributed by atoms with Crippen molar-refractivity contribution >= 4 is 10.2 Å². The first kappa shape index (κ1) is 17.9. The summed E-state index contributed by atoms with van der Waals surface area (Å²) in [7, 11) is -0.646. The van der Waals surface area contributed by atoms with Crippen LogP contribution in [0, 0.1) is 5.92 Å². The smallest absolute Gasteiger partial charge is 0.328 e. The van der Waals surface area contributed by atoms with Gasteiger partial charge in [-0.1, -0.05) is 0 Å². The van der Waals surface area contributed by atoms with Gasteiger partial charge in [0.2, 0.25) is 0 Å². The average molecular weight is 346 g/mol. The number of hydrogen-bond acceptors (Lipinski definition) is 5. The molecule has 0 spiro atoms. The van der Waals surface area contributed by atoms with E-state index in [-0.39, 0.29) is 18.7 Å². The fraction of sp³-hybridized carbons (Fsp3) is 0.692. The van der Waals surface area contributed by atoms with Crippen molar-refractivity contribution in [3.8, 4) is 0 Å². The van der Waals surface area contributed by atoms with E-state index >= 15 is 0 Å². The molecule has 1 aliphatic carbocycles. The third-order valence-corrected chi connectivity index (χ3v) is 5.17. The molecule has 0 aromatic carbocycles. The maximum atomic E-state index is 12.1. The Morgan fingerprint density at radius 3 is 2.74 bits per heavy atom. The average Bonchev–Trinajstić information content (AvgIpc) is 3.29. The van der Waals surface area contributed by atoms with E-state index in [2.05, 4.69) is 9.71 Å². The molecule has 130 valence electrons. The normalized spacial score (nSPS) is 15.3. The molecule has 0 saturated heterocycles. The van der Waals surface area contributed by atoms with Gasteiger partial charge in [0.25, 0.3) is 15.8 Å². The van der Waals surface area contributed by atoms with Gasteiger partial charge in [-0.25, -0.2) is 4.79 Å². The number of nitrogens with one attached hydrogen (secondary N) is 2. The zero-order chi connectivity index (χ0) is 17.0. The van der Waals surface area contributed by atoms with Crippen molar-refractivity contribution in [2.24, 2.45) is 5.92 Å². The van der Waals surface area contributed by atoms with E-state index in [0.717, 1.165) is 12.8 Å². The maximum Gasteiger partial charge on any atom is 0.328 e. The number of nitrogens with zero attached hydrogens (tertiary/aromatic N) is 2. The van der Waals surface area contributed by atoms with Gasteiger partial charge in [-0.05, 0) is 18.8 Å². The lowest BCUT2D eigenvalue weighted by Crippen LogP contribution is -2.41. The maximum absolute atomic E-state index is 12.1. The first-order chi connectivity index (χ1) is 10.8. The summed E-state index contributed by atoms with van der Waals surface area (Å²) in [6.45, 7) is 0.869. The van der Waals surface area contributed by atoms with E-state index in [9.17, 15) is 18.0 Å². The van der Waals surface area contributed by atoms with Gasteiger partial charge in [-0.3, -0.25) is 14.3 Å². The van der Waals surface area contributed by atoms with Crippen LogP contribution >= 0.6 is 0 Å². The van der Waals surface area contributed by atoms with Gasteiger partial charge >= 0.3 is 5.69 Å². The number of H-pyrrole nitrogens is 1. The van der Waals surface area contributed by atoms with E-state index in [0.29, 0.717) is 19.1 Å². The third kappa shape index (κ3) is 4.99. The van der Waals surface area contributed by atoms with Gasteiger partial charge in [-0.15, -0.1) is 0 Å². The summed E-state index contributed by atoms with van der Waals surface area (Å²) < 4.78 is 34.0. The molecule has 1 fully saturated rings. The van der Waals surface area contributed by atoms with Gasteiger partial charge < -0.3 is 4.74 Å². The first-order valence-electron chi connectivity index (χ1n) is 7.36. The minimum atomic E-state index is -3.65. The first-order valence-corrected chi connectivity index (χ1v) is 8.80. The second-order valence-corrected chi connectivity index (χ2v) is 7.51. The highest BCUT2D eigenvalue weighted by Gasteiger charge is 2.28. The molecule has 1 saturated carbocycles. The van der Waals surface area contributed by atoms with Crippen LogP contribution in [0.4, 0.5) is 0 Å². The summed E-state index contributed by atoms with van der Waals surface area (Å²) in [4.78, 5) is 25.6. The molecule has 0 aliphatic heterocycles. The Labute approximate surface area is 134 Å². The number of aromatic nitrogens is 2. The summed E-state index contributed by atoms with van der Waals surface area (Å²) in [5.41, 5.74) is -0.982. The second kappa shape index (κ2) is 7.39. The van der Waals surface area contributed by atoms with E-state index in [1.807, 2.05) is 0 Å². The molecule has 0 atom stereocenters. The van der Waals surface area contributed by atoms with Crippen molar-refractivity contribution in [3.05, 3.63) is 32.6 Å². The molecular formula is C13H22N4O5S. The van der Waals surface area contributed by atoms with Crippen LogP contribution in [-0.2, 0) is 28.0 Å². The molecule has 1 aromatic rings. The van der Waals surface area contributed by atoms with E-state index in [4.69, 9.17) is 4.74 Å². The standard InChI is InChI=1S/C13H22N4O5S/c1-16(8-10-3-4-10)23(20,21)14-7-11-9-17(5-6-22-2)13(19)15-12(11)18/h9-10,14H,3-8H2,1-2H3,(H,15,18,19). The largest absolute Gasteiger partial charge is 0.383 e. The van der Waals surface area contributed by atoms with Crippen LogP contribution in [0.1, 0.15) is 18.4 Å². The topological polar surface area (TPSA) is 114 Å². The zero-order valence-electron chi connectivity index (χ0n) is 13.2. The molecule has 9 nitrogen and oxygen atoms in total. The molecule has 0 amide bonds. The van der Waals surface area contributed by atoms with E-state index < -0.39 is 21.5 Å². The highest BCUT2D eigenvalue weighted by atomic mass is 32.2. The minimum absolute atomic E-state index is 0.170. The Hall–Kier alpha value is -1.49. The summed E-state index contributed by atoms with van der Waals surface area (Å²) in [6, 6.07) is 0. The summed E-state index contributed by atoms with van der Waals surface area (Å²) in [6.07, 6.45) is 3.44. The Bertz CT molecular complexity index is 750. The molecule has 2 N–H and O–H groups in total. The lowest BCUT2D eigenvalue weighted by molar-refractivity contribution is 0.185. The fourth-order valence-corrected chi connectivity index (χ4v) is 3.04. The van der Waals surface area contributed by atoms with Crippen LogP contribution in [0.25, 0.3) is 0 Å².